The molecule has 2 heterocycles. The molecule has 1 N–H and O–H groups in total. The minimum absolute atomic E-state index is 0.725. The highest BCUT2D eigenvalue weighted by atomic mass is 15.2. The smallest absolute Gasteiger partial charge is 0.0253 e. The van der Waals surface area contributed by atoms with Gasteiger partial charge in [-0.25, -0.2) is 0 Å². The quantitative estimate of drug-likeness (QED) is 0.925. The van der Waals surface area contributed by atoms with Crippen molar-refractivity contribution in [3.63, 3.8) is 0 Å². The summed E-state index contributed by atoms with van der Waals surface area (Å²) in [6, 6.07) is 17.0. The Morgan fingerprint density at radius 3 is 2.81 bits per heavy atom. The molecule has 2 nitrogen and oxygen atoms in total. The first-order valence-corrected chi connectivity index (χ1v) is 8.36. The Balaban J connectivity index is 1.59. The molecule has 2 aliphatic heterocycles. The molecule has 2 aliphatic rings. The van der Waals surface area contributed by atoms with Gasteiger partial charge in [-0.1, -0.05) is 42.5 Å². The van der Waals surface area contributed by atoms with Crippen molar-refractivity contribution in [2.24, 2.45) is 0 Å². The van der Waals surface area contributed by atoms with Crippen LogP contribution < -0.4 is 5.32 Å². The summed E-state index contributed by atoms with van der Waals surface area (Å²) in [6.07, 6.45) is 5.43. The lowest BCUT2D eigenvalue weighted by Crippen LogP contribution is -2.43. The standard InChI is InChI=1S/C19H24N2/c1-2-9-17-15(6-1)7-3-8-16(17)14-21-13-5-11-19(21)18-10-4-12-20-18/h1-3,6-9,18-20H,4-5,10-14H2. The molecule has 21 heavy (non-hydrogen) atoms. The van der Waals surface area contributed by atoms with Crippen LogP contribution in [0, 0.1) is 0 Å². The van der Waals surface area contributed by atoms with E-state index < -0.39 is 0 Å². The van der Waals surface area contributed by atoms with Crippen molar-refractivity contribution in [2.45, 2.75) is 44.3 Å². The highest BCUT2D eigenvalue weighted by molar-refractivity contribution is 5.85. The molecule has 2 fully saturated rings. The highest BCUT2D eigenvalue weighted by Gasteiger charge is 2.33. The Hall–Kier alpha value is -1.38. The number of rotatable bonds is 3. The molecule has 0 aromatic heterocycles. The molecule has 2 unspecified atom stereocenters. The average Bonchev–Trinajstić information content (AvgIpc) is 3.18. The SMILES string of the molecule is c1ccc2c(CN3CCCC3C3CCCN3)cccc2c1. The van der Waals surface area contributed by atoms with Crippen molar-refractivity contribution >= 4 is 10.8 Å². The van der Waals surface area contributed by atoms with Crippen molar-refractivity contribution in [1.29, 1.82) is 0 Å². The second-order valence-corrected chi connectivity index (χ2v) is 6.52. The van der Waals surface area contributed by atoms with Crippen LogP contribution in [-0.4, -0.2) is 30.1 Å². The number of fused-ring (bicyclic) bond motifs is 1. The van der Waals surface area contributed by atoms with Gasteiger partial charge in [-0.2, -0.15) is 0 Å². The van der Waals surface area contributed by atoms with Crippen molar-refractivity contribution in [3.05, 3.63) is 48.0 Å². The molecule has 2 atom stereocenters. The zero-order chi connectivity index (χ0) is 14.1. The fraction of sp³-hybridized carbons (Fsp3) is 0.474. The van der Waals surface area contributed by atoms with E-state index in [0.29, 0.717) is 0 Å². The first kappa shape index (κ1) is 13.3. The van der Waals surface area contributed by atoms with Gasteiger partial charge in [0.05, 0.1) is 0 Å². The maximum Gasteiger partial charge on any atom is 0.0253 e. The van der Waals surface area contributed by atoms with Crippen LogP contribution >= 0.6 is 0 Å². The Morgan fingerprint density at radius 1 is 1.00 bits per heavy atom. The normalized spacial score (nSPS) is 26.7. The number of benzene rings is 2. The average molecular weight is 280 g/mol. The van der Waals surface area contributed by atoms with Gasteiger partial charge in [0.25, 0.3) is 0 Å². The molecule has 2 aromatic carbocycles. The van der Waals surface area contributed by atoms with Gasteiger partial charge in [-0.3, -0.25) is 4.90 Å². The van der Waals surface area contributed by atoms with E-state index >= 15 is 0 Å². The van der Waals surface area contributed by atoms with Gasteiger partial charge in [-0.15, -0.1) is 0 Å². The van der Waals surface area contributed by atoms with Crippen LogP contribution in [-0.2, 0) is 6.54 Å². The van der Waals surface area contributed by atoms with Gasteiger partial charge in [0.15, 0.2) is 0 Å². The minimum atomic E-state index is 0.725. The van der Waals surface area contributed by atoms with E-state index in [4.69, 9.17) is 0 Å². The van der Waals surface area contributed by atoms with Gasteiger partial charge in [-0.05, 0) is 55.1 Å². The predicted molar refractivity (Wildman–Crippen MR) is 88.4 cm³/mol. The fourth-order valence-corrected chi connectivity index (χ4v) is 4.19. The Morgan fingerprint density at radius 2 is 1.90 bits per heavy atom. The lowest BCUT2D eigenvalue weighted by molar-refractivity contribution is 0.207. The third-order valence-corrected chi connectivity index (χ3v) is 5.23. The van der Waals surface area contributed by atoms with Gasteiger partial charge in [0.1, 0.15) is 0 Å². The molecule has 0 amide bonds. The third kappa shape index (κ3) is 2.58. The fourth-order valence-electron chi connectivity index (χ4n) is 4.19. The molecule has 0 spiro atoms. The molecule has 2 aromatic rings. The number of nitrogens with one attached hydrogen (secondary N) is 1. The number of likely N-dealkylation sites (tertiary alicyclic amines) is 1. The maximum atomic E-state index is 3.71. The summed E-state index contributed by atoms with van der Waals surface area (Å²) in [4.78, 5) is 2.71. The second-order valence-electron chi connectivity index (χ2n) is 6.52. The molecule has 2 saturated heterocycles. The van der Waals surface area contributed by atoms with Crippen molar-refractivity contribution in [1.82, 2.24) is 10.2 Å². The summed E-state index contributed by atoms with van der Waals surface area (Å²) < 4.78 is 0. The third-order valence-electron chi connectivity index (χ3n) is 5.23. The molecule has 0 bridgehead atoms. The van der Waals surface area contributed by atoms with Gasteiger partial charge >= 0.3 is 0 Å². The van der Waals surface area contributed by atoms with Crippen LogP contribution in [0.15, 0.2) is 42.5 Å². The summed E-state index contributed by atoms with van der Waals surface area (Å²) in [5.74, 6) is 0. The van der Waals surface area contributed by atoms with Crippen LogP contribution in [0.4, 0.5) is 0 Å². The van der Waals surface area contributed by atoms with Crippen molar-refractivity contribution in [3.8, 4) is 0 Å². The van der Waals surface area contributed by atoms with Crippen LogP contribution in [0.3, 0.4) is 0 Å². The maximum absolute atomic E-state index is 3.71. The summed E-state index contributed by atoms with van der Waals surface area (Å²) in [7, 11) is 0. The summed E-state index contributed by atoms with van der Waals surface area (Å²) in [5.41, 5.74) is 1.48. The van der Waals surface area contributed by atoms with E-state index in [1.807, 2.05) is 0 Å². The van der Waals surface area contributed by atoms with Crippen LogP contribution in [0.5, 0.6) is 0 Å². The summed E-state index contributed by atoms with van der Waals surface area (Å²) in [6.45, 7) is 3.57. The van der Waals surface area contributed by atoms with Crippen LogP contribution in [0.1, 0.15) is 31.2 Å². The molecular formula is C19H24N2. The molecule has 0 radical (unpaired) electrons. The number of hydrogen-bond donors (Lipinski definition) is 1. The lowest BCUT2D eigenvalue weighted by Gasteiger charge is -2.30. The molecule has 0 saturated carbocycles. The van der Waals surface area contributed by atoms with Crippen LogP contribution in [0.25, 0.3) is 10.8 Å². The van der Waals surface area contributed by atoms with Gasteiger partial charge in [0.2, 0.25) is 0 Å². The first-order valence-electron chi connectivity index (χ1n) is 8.36. The monoisotopic (exact) mass is 280 g/mol. The Labute approximate surface area is 127 Å². The predicted octanol–water partition coefficient (Wildman–Crippen LogP) is 3.56. The zero-order valence-electron chi connectivity index (χ0n) is 12.6. The molecular weight excluding hydrogens is 256 g/mol. The number of nitrogens with zero attached hydrogens (tertiary/aromatic N) is 1. The highest BCUT2D eigenvalue weighted by Crippen LogP contribution is 2.28. The van der Waals surface area contributed by atoms with E-state index in [-0.39, 0.29) is 0 Å². The van der Waals surface area contributed by atoms with E-state index in [1.54, 1.807) is 0 Å². The molecule has 2 heteroatoms. The van der Waals surface area contributed by atoms with Crippen molar-refractivity contribution in [2.75, 3.05) is 13.1 Å². The van der Waals surface area contributed by atoms with Crippen molar-refractivity contribution < 1.29 is 0 Å². The largest absolute Gasteiger partial charge is 0.312 e. The minimum Gasteiger partial charge on any atom is -0.312 e. The lowest BCUT2D eigenvalue weighted by atomic mass is 10.0. The molecule has 4 rings (SSSR count). The van der Waals surface area contributed by atoms with Gasteiger partial charge < -0.3 is 5.32 Å². The van der Waals surface area contributed by atoms with E-state index in [0.717, 1.165) is 18.6 Å². The Kier molecular flexibility index (Phi) is 3.66. The summed E-state index contributed by atoms with van der Waals surface area (Å²) in [5, 5.41) is 6.50. The molecule has 0 aliphatic carbocycles. The topological polar surface area (TPSA) is 15.3 Å². The van der Waals surface area contributed by atoms with Crippen LogP contribution in [0.2, 0.25) is 0 Å². The molecule has 110 valence electrons. The summed E-state index contributed by atoms with van der Waals surface area (Å²) >= 11 is 0. The second kappa shape index (κ2) is 5.78. The van der Waals surface area contributed by atoms with Gasteiger partial charge in [0, 0.05) is 18.6 Å². The van der Waals surface area contributed by atoms with E-state index in [2.05, 4.69) is 52.7 Å². The Bertz CT molecular complexity index is 610. The van der Waals surface area contributed by atoms with E-state index in [1.165, 1.54) is 55.1 Å². The first-order chi connectivity index (χ1) is 10.4. The number of hydrogen-bond acceptors (Lipinski definition) is 2. The van der Waals surface area contributed by atoms with E-state index in [9.17, 15) is 0 Å². The zero-order valence-corrected chi connectivity index (χ0v) is 12.6.